The summed E-state index contributed by atoms with van der Waals surface area (Å²) >= 11 is 0. The maximum atomic E-state index is 6.07. The molecule has 0 amide bonds. The van der Waals surface area contributed by atoms with E-state index in [1.54, 1.807) is 0 Å². The van der Waals surface area contributed by atoms with Crippen molar-refractivity contribution in [3.8, 4) is 0 Å². The Kier molecular flexibility index (Phi) is 2.52. The van der Waals surface area contributed by atoms with Crippen LogP contribution in [0.1, 0.15) is 30.3 Å². The molecular formula is C17H17N3. The van der Waals surface area contributed by atoms with E-state index in [2.05, 4.69) is 28.8 Å². The van der Waals surface area contributed by atoms with E-state index in [0.717, 1.165) is 29.0 Å². The Morgan fingerprint density at radius 2 is 1.80 bits per heavy atom. The average Bonchev–Trinajstić information content (AvgIpc) is 3.23. The molecule has 4 rings (SSSR count). The van der Waals surface area contributed by atoms with Crippen LogP contribution in [0.5, 0.6) is 0 Å². The van der Waals surface area contributed by atoms with Crippen molar-refractivity contribution in [2.24, 2.45) is 0 Å². The number of hydrogen-bond donors (Lipinski definition) is 1. The van der Waals surface area contributed by atoms with Gasteiger partial charge in [-0.05, 0) is 36.6 Å². The molecule has 1 aliphatic rings. The van der Waals surface area contributed by atoms with Gasteiger partial charge in [-0.25, -0.2) is 4.98 Å². The van der Waals surface area contributed by atoms with Crippen molar-refractivity contribution in [1.82, 2.24) is 9.55 Å². The van der Waals surface area contributed by atoms with Crippen LogP contribution in [0.3, 0.4) is 0 Å². The molecule has 0 aliphatic heterocycles. The predicted molar refractivity (Wildman–Crippen MR) is 81.7 cm³/mol. The monoisotopic (exact) mass is 263 g/mol. The van der Waals surface area contributed by atoms with E-state index in [0.29, 0.717) is 6.04 Å². The standard InChI is InChI=1S/C17H17N3/c18-14-6-2-1-5-12(14)11-17-19-15-7-3-4-8-16(15)20(17)13-9-10-13/h1-8,13H,9-11,18H2. The average molecular weight is 263 g/mol. The van der Waals surface area contributed by atoms with E-state index in [1.165, 1.54) is 18.4 Å². The third-order valence-electron chi connectivity index (χ3n) is 3.98. The summed E-state index contributed by atoms with van der Waals surface area (Å²) in [5.74, 6) is 1.13. The number of para-hydroxylation sites is 3. The summed E-state index contributed by atoms with van der Waals surface area (Å²) in [7, 11) is 0. The molecule has 0 spiro atoms. The number of hydrogen-bond acceptors (Lipinski definition) is 2. The fourth-order valence-corrected chi connectivity index (χ4v) is 2.82. The molecule has 20 heavy (non-hydrogen) atoms. The molecule has 1 fully saturated rings. The highest BCUT2D eigenvalue weighted by atomic mass is 15.1. The van der Waals surface area contributed by atoms with Gasteiger partial charge < -0.3 is 10.3 Å². The van der Waals surface area contributed by atoms with Gasteiger partial charge in [0.25, 0.3) is 0 Å². The summed E-state index contributed by atoms with van der Waals surface area (Å²) < 4.78 is 2.40. The van der Waals surface area contributed by atoms with E-state index in [1.807, 2.05) is 24.3 Å². The molecular weight excluding hydrogens is 246 g/mol. The van der Waals surface area contributed by atoms with Gasteiger partial charge in [0.1, 0.15) is 5.82 Å². The van der Waals surface area contributed by atoms with Crippen LogP contribution in [-0.2, 0) is 6.42 Å². The minimum Gasteiger partial charge on any atom is -0.398 e. The summed E-state index contributed by atoms with van der Waals surface area (Å²) in [6, 6.07) is 17.1. The van der Waals surface area contributed by atoms with Gasteiger partial charge in [-0.15, -0.1) is 0 Å². The molecule has 0 unspecified atom stereocenters. The first-order valence-electron chi connectivity index (χ1n) is 7.12. The largest absolute Gasteiger partial charge is 0.398 e. The third kappa shape index (κ3) is 1.86. The van der Waals surface area contributed by atoms with Crippen molar-refractivity contribution in [2.45, 2.75) is 25.3 Å². The van der Waals surface area contributed by atoms with Crippen molar-refractivity contribution < 1.29 is 0 Å². The summed E-state index contributed by atoms with van der Waals surface area (Å²) in [6.07, 6.45) is 3.33. The van der Waals surface area contributed by atoms with E-state index in [4.69, 9.17) is 10.7 Å². The molecule has 1 saturated carbocycles. The van der Waals surface area contributed by atoms with Crippen molar-refractivity contribution in [3.05, 3.63) is 59.9 Å². The molecule has 0 bridgehead atoms. The lowest BCUT2D eigenvalue weighted by atomic mass is 10.1. The summed E-state index contributed by atoms with van der Waals surface area (Å²) in [6.45, 7) is 0. The van der Waals surface area contributed by atoms with Crippen LogP contribution in [0.25, 0.3) is 11.0 Å². The number of rotatable bonds is 3. The van der Waals surface area contributed by atoms with Crippen LogP contribution >= 0.6 is 0 Å². The van der Waals surface area contributed by atoms with Gasteiger partial charge in [-0.3, -0.25) is 0 Å². The van der Waals surface area contributed by atoms with Crippen LogP contribution in [-0.4, -0.2) is 9.55 Å². The smallest absolute Gasteiger partial charge is 0.114 e. The maximum Gasteiger partial charge on any atom is 0.114 e. The van der Waals surface area contributed by atoms with E-state index in [-0.39, 0.29) is 0 Å². The van der Waals surface area contributed by atoms with Crippen molar-refractivity contribution >= 4 is 16.7 Å². The minimum absolute atomic E-state index is 0.627. The van der Waals surface area contributed by atoms with Gasteiger partial charge in [0, 0.05) is 18.2 Å². The Balaban J connectivity index is 1.83. The molecule has 3 nitrogen and oxygen atoms in total. The van der Waals surface area contributed by atoms with Gasteiger partial charge in [-0.2, -0.15) is 0 Å². The second-order valence-electron chi connectivity index (χ2n) is 5.49. The summed E-state index contributed by atoms with van der Waals surface area (Å²) in [4.78, 5) is 4.82. The minimum atomic E-state index is 0.627. The first-order chi connectivity index (χ1) is 9.83. The van der Waals surface area contributed by atoms with Crippen LogP contribution < -0.4 is 5.73 Å². The lowest BCUT2D eigenvalue weighted by molar-refractivity contribution is 0.716. The number of nitrogens with two attached hydrogens (primary N) is 1. The maximum absolute atomic E-state index is 6.07. The van der Waals surface area contributed by atoms with E-state index in [9.17, 15) is 0 Å². The second-order valence-corrected chi connectivity index (χ2v) is 5.49. The predicted octanol–water partition coefficient (Wildman–Crippen LogP) is 3.54. The number of aromatic nitrogens is 2. The van der Waals surface area contributed by atoms with Crippen LogP contribution in [0.2, 0.25) is 0 Å². The molecule has 0 atom stereocenters. The van der Waals surface area contributed by atoms with E-state index >= 15 is 0 Å². The zero-order valence-electron chi connectivity index (χ0n) is 11.3. The Labute approximate surface area is 118 Å². The normalized spacial score (nSPS) is 14.8. The lowest BCUT2D eigenvalue weighted by Crippen LogP contribution is -2.04. The molecule has 0 saturated heterocycles. The summed E-state index contributed by atoms with van der Waals surface area (Å²) in [5.41, 5.74) is 10.4. The van der Waals surface area contributed by atoms with Gasteiger partial charge in [0.2, 0.25) is 0 Å². The Morgan fingerprint density at radius 3 is 2.60 bits per heavy atom. The first-order valence-corrected chi connectivity index (χ1v) is 7.12. The Bertz CT molecular complexity index is 769. The molecule has 1 aromatic heterocycles. The Morgan fingerprint density at radius 1 is 1.05 bits per heavy atom. The highest BCUT2D eigenvalue weighted by Gasteiger charge is 2.28. The van der Waals surface area contributed by atoms with Gasteiger partial charge in [-0.1, -0.05) is 30.3 Å². The molecule has 100 valence electrons. The quantitative estimate of drug-likeness (QED) is 0.734. The number of nitrogens with zero attached hydrogens (tertiary/aromatic N) is 2. The number of fused-ring (bicyclic) bond motifs is 1. The van der Waals surface area contributed by atoms with Crippen LogP contribution in [0, 0.1) is 0 Å². The third-order valence-corrected chi connectivity index (χ3v) is 3.98. The SMILES string of the molecule is Nc1ccccc1Cc1nc2ccccc2n1C1CC1. The highest BCUT2D eigenvalue weighted by molar-refractivity contribution is 5.76. The van der Waals surface area contributed by atoms with E-state index < -0.39 is 0 Å². The Hall–Kier alpha value is -2.29. The highest BCUT2D eigenvalue weighted by Crippen LogP contribution is 2.39. The number of benzene rings is 2. The molecule has 1 aliphatic carbocycles. The molecule has 3 aromatic rings. The van der Waals surface area contributed by atoms with Gasteiger partial charge in [0.15, 0.2) is 0 Å². The van der Waals surface area contributed by atoms with Gasteiger partial charge in [0.05, 0.1) is 11.0 Å². The second kappa shape index (κ2) is 4.37. The molecule has 3 heteroatoms. The topological polar surface area (TPSA) is 43.8 Å². The van der Waals surface area contributed by atoms with Crippen molar-refractivity contribution in [2.75, 3.05) is 5.73 Å². The lowest BCUT2D eigenvalue weighted by Gasteiger charge is -2.09. The molecule has 0 radical (unpaired) electrons. The molecule has 1 heterocycles. The zero-order chi connectivity index (χ0) is 13.5. The van der Waals surface area contributed by atoms with Crippen molar-refractivity contribution in [3.63, 3.8) is 0 Å². The molecule has 2 aromatic carbocycles. The van der Waals surface area contributed by atoms with Crippen LogP contribution in [0.4, 0.5) is 5.69 Å². The van der Waals surface area contributed by atoms with Gasteiger partial charge >= 0.3 is 0 Å². The first kappa shape index (κ1) is 11.5. The number of imidazole rings is 1. The van der Waals surface area contributed by atoms with Crippen LogP contribution in [0.15, 0.2) is 48.5 Å². The zero-order valence-corrected chi connectivity index (χ0v) is 11.3. The fraction of sp³-hybridized carbons (Fsp3) is 0.235. The number of anilines is 1. The summed E-state index contributed by atoms with van der Waals surface area (Å²) in [5, 5.41) is 0. The molecule has 2 N–H and O–H groups in total. The fourth-order valence-electron chi connectivity index (χ4n) is 2.82. The van der Waals surface area contributed by atoms with Crippen molar-refractivity contribution in [1.29, 1.82) is 0 Å². The number of nitrogen functional groups attached to an aromatic ring is 1.